The minimum absolute atomic E-state index is 0.536. The first-order valence-electron chi connectivity index (χ1n) is 5.04. The smallest absolute Gasteiger partial charge is 0.125 e. The summed E-state index contributed by atoms with van der Waals surface area (Å²) >= 11 is 0. The molecule has 1 fully saturated rings. The molecule has 0 saturated carbocycles. The first-order chi connectivity index (χ1) is 6.33. The van der Waals surface area contributed by atoms with Crippen LogP contribution in [0.5, 0.6) is 0 Å². The lowest BCUT2D eigenvalue weighted by Gasteiger charge is -2.37. The molecule has 1 aromatic heterocycles. The molecule has 13 heavy (non-hydrogen) atoms. The van der Waals surface area contributed by atoms with Gasteiger partial charge in [0.15, 0.2) is 0 Å². The van der Waals surface area contributed by atoms with Gasteiger partial charge in [-0.15, -0.1) is 0 Å². The van der Waals surface area contributed by atoms with Crippen LogP contribution in [0.25, 0.3) is 0 Å². The number of imidazole rings is 1. The molecule has 0 aliphatic carbocycles. The maximum Gasteiger partial charge on any atom is 0.125 e. The van der Waals surface area contributed by atoms with Crippen molar-refractivity contribution in [2.24, 2.45) is 7.05 Å². The van der Waals surface area contributed by atoms with Gasteiger partial charge in [-0.3, -0.25) is 4.90 Å². The molecule has 1 aliphatic rings. The minimum Gasteiger partial charge on any atom is -0.337 e. The van der Waals surface area contributed by atoms with Crippen LogP contribution in [-0.2, 0) is 7.05 Å². The molecule has 1 saturated heterocycles. The highest BCUT2D eigenvalue weighted by atomic mass is 15.2. The van der Waals surface area contributed by atoms with E-state index in [4.69, 9.17) is 0 Å². The highest BCUT2D eigenvalue weighted by molar-refractivity contribution is 5.00. The molecule has 2 heterocycles. The van der Waals surface area contributed by atoms with Crippen LogP contribution in [0.2, 0.25) is 0 Å². The Kier molecular flexibility index (Phi) is 2.36. The van der Waals surface area contributed by atoms with Crippen LogP contribution in [-0.4, -0.2) is 27.5 Å². The lowest BCUT2D eigenvalue weighted by Crippen LogP contribution is -2.40. The van der Waals surface area contributed by atoms with E-state index >= 15 is 0 Å². The topological polar surface area (TPSA) is 21.1 Å². The Bertz CT molecular complexity index is 275. The average molecular weight is 179 g/mol. The highest BCUT2D eigenvalue weighted by Gasteiger charge is 2.26. The van der Waals surface area contributed by atoms with Crippen molar-refractivity contribution in [2.75, 3.05) is 13.1 Å². The first-order valence-corrected chi connectivity index (χ1v) is 5.04. The van der Waals surface area contributed by atoms with Crippen LogP contribution < -0.4 is 0 Å². The number of hydrogen-bond donors (Lipinski definition) is 0. The summed E-state index contributed by atoms with van der Waals surface area (Å²) in [5.74, 6) is 1.21. The van der Waals surface area contributed by atoms with Gasteiger partial charge in [-0.1, -0.05) is 6.92 Å². The molecule has 1 aromatic rings. The van der Waals surface area contributed by atoms with E-state index in [1.165, 1.54) is 25.3 Å². The number of likely N-dealkylation sites (tertiary alicyclic amines) is 1. The number of hydrogen-bond acceptors (Lipinski definition) is 2. The predicted octanol–water partition coefficient (Wildman–Crippen LogP) is 1.58. The third-order valence-corrected chi connectivity index (χ3v) is 2.87. The largest absolute Gasteiger partial charge is 0.337 e. The van der Waals surface area contributed by atoms with Crippen molar-refractivity contribution >= 4 is 0 Å². The molecule has 1 aliphatic heterocycles. The van der Waals surface area contributed by atoms with Crippen molar-refractivity contribution in [1.29, 1.82) is 0 Å². The summed E-state index contributed by atoms with van der Waals surface area (Å²) in [7, 11) is 2.07. The monoisotopic (exact) mass is 179 g/mol. The summed E-state index contributed by atoms with van der Waals surface area (Å²) < 4.78 is 2.13. The van der Waals surface area contributed by atoms with E-state index in [-0.39, 0.29) is 0 Å². The first kappa shape index (κ1) is 8.75. The molecule has 0 amide bonds. The Labute approximate surface area is 79.4 Å². The Hall–Kier alpha value is -0.830. The average Bonchev–Trinajstić information content (AvgIpc) is 2.43. The van der Waals surface area contributed by atoms with Crippen LogP contribution in [0.1, 0.15) is 31.6 Å². The van der Waals surface area contributed by atoms with E-state index in [1.54, 1.807) is 0 Å². The van der Waals surface area contributed by atoms with Crippen LogP contribution in [0, 0.1) is 0 Å². The fourth-order valence-electron chi connectivity index (χ4n) is 1.95. The van der Waals surface area contributed by atoms with Gasteiger partial charge in [-0.2, -0.15) is 0 Å². The second-order valence-corrected chi connectivity index (χ2v) is 3.71. The van der Waals surface area contributed by atoms with Gasteiger partial charge in [0, 0.05) is 32.5 Å². The van der Waals surface area contributed by atoms with Crippen LogP contribution >= 0.6 is 0 Å². The standard InChI is InChI=1S/C10H17N3/c1-3-9(13-6-4-7-13)10-11-5-8-12(10)2/h5,8-9H,3-4,6-7H2,1-2H3. The Balaban J connectivity index is 2.16. The van der Waals surface area contributed by atoms with Crippen molar-refractivity contribution in [3.8, 4) is 0 Å². The van der Waals surface area contributed by atoms with Gasteiger partial charge in [0.05, 0.1) is 6.04 Å². The zero-order valence-corrected chi connectivity index (χ0v) is 8.40. The molecule has 0 aromatic carbocycles. The highest BCUT2D eigenvalue weighted by Crippen LogP contribution is 2.26. The summed E-state index contributed by atoms with van der Waals surface area (Å²) in [5, 5.41) is 0. The molecule has 0 spiro atoms. The molecular weight excluding hydrogens is 162 g/mol. The predicted molar refractivity (Wildman–Crippen MR) is 52.4 cm³/mol. The fraction of sp³-hybridized carbons (Fsp3) is 0.700. The fourth-order valence-corrected chi connectivity index (χ4v) is 1.95. The van der Waals surface area contributed by atoms with Crippen LogP contribution in [0.3, 0.4) is 0 Å². The van der Waals surface area contributed by atoms with E-state index in [2.05, 4.69) is 28.4 Å². The zero-order chi connectivity index (χ0) is 9.26. The minimum atomic E-state index is 0.536. The van der Waals surface area contributed by atoms with Gasteiger partial charge in [-0.05, 0) is 12.8 Å². The molecule has 72 valence electrons. The quantitative estimate of drug-likeness (QED) is 0.702. The third-order valence-electron chi connectivity index (χ3n) is 2.87. The van der Waals surface area contributed by atoms with Crippen molar-refractivity contribution in [3.63, 3.8) is 0 Å². The summed E-state index contributed by atoms with van der Waals surface area (Å²) in [6, 6.07) is 0.536. The van der Waals surface area contributed by atoms with Crippen molar-refractivity contribution in [2.45, 2.75) is 25.8 Å². The van der Waals surface area contributed by atoms with E-state index in [9.17, 15) is 0 Å². The lowest BCUT2D eigenvalue weighted by atomic mass is 10.1. The van der Waals surface area contributed by atoms with E-state index in [1.807, 2.05) is 12.4 Å². The molecule has 3 nitrogen and oxygen atoms in total. The number of aromatic nitrogens is 2. The summed E-state index contributed by atoms with van der Waals surface area (Å²) in [5.41, 5.74) is 0. The van der Waals surface area contributed by atoms with E-state index in [0.29, 0.717) is 6.04 Å². The summed E-state index contributed by atoms with van der Waals surface area (Å²) in [6.07, 6.45) is 6.42. The van der Waals surface area contributed by atoms with Crippen LogP contribution in [0.15, 0.2) is 12.4 Å². The third kappa shape index (κ3) is 1.48. The van der Waals surface area contributed by atoms with E-state index < -0.39 is 0 Å². The molecule has 1 unspecified atom stereocenters. The van der Waals surface area contributed by atoms with Gasteiger partial charge < -0.3 is 4.57 Å². The molecule has 3 heteroatoms. The SMILES string of the molecule is CCC(c1nccn1C)N1CCC1. The molecule has 1 atom stereocenters. The van der Waals surface area contributed by atoms with E-state index in [0.717, 1.165) is 6.42 Å². The number of aryl methyl sites for hydroxylation is 1. The summed E-state index contributed by atoms with van der Waals surface area (Å²) in [6.45, 7) is 4.72. The Morgan fingerprint density at radius 2 is 2.31 bits per heavy atom. The maximum absolute atomic E-state index is 4.41. The van der Waals surface area contributed by atoms with Crippen molar-refractivity contribution in [1.82, 2.24) is 14.5 Å². The molecule has 2 rings (SSSR count). The van der Waals surface area contributed by atoms with Crippen molar-refractivity contribution in [3.05, 3.63) is 18.2 Å². The van der Waals surface area contributed by atoms with Gasteiger partial charge >= 0.3 is 0 Å². The van der Waals surface area contributed by atoms with Crippen LogP contribution in [0.4, 0.5) is 0 Å². The number of nitrogens with zero attached hydrogens (tertiary/aromatic N) is 3. The Morgan fingerprint density at radius 1 is 1.54 bits per heavy atom. The number of rotatable bonds is 3. The second kappa shape index (κ2) is 3.50. The molecule has 0 bridgehead atoms. The molecule has 0 radical (unpaired) electrons. The second-order valence-electron chi connectivity index (χ2n) is 3.71. The lowest BCUT2D eigenvalue weighted by molar-refractivity contribution is 0.107. The van der Waals surface area contributed by atoms with Crippen molar-refractivity contribution < 1.29 is 0 Å². The Morgan fingerprint density at radius 3 is 2.69 bits per heavy atom. The molecule has 0 N–H and O–H groups in total. The summed E-state index contributed by atoms with van der Waals surface area (Å²) in [4.78, 5) is 6.91. The molecular formula is C10H17N3. The zero-order valence-electron chi connectivity index (χ0n) is 8.40. The van der Waals surface area contributed by atoms with Gasteiger partial charge in [-0.25, -0.2) is 4.98 Å². The van der Waals surface area contributed by atoms with Gasteiger partial charge in [0.25, 0.3) is 0 Å². The maximum atomic E-state index is 4.41. The van der Waals surface area contributed by atoms with Gasteiger partial charge in [0.2, 0.25) is 0 Å². The normalized spacial score (nSPS) is 19.8. The van der Waals surface area contributed by atoms with Gasteiger partial charge in [0.1, 0.15) is 5.82 Å².